The lowest BCUT2D eigenvalue weighted by Gasteiger charge is -2.28. The molecule has 5 heteroatoms. The molecule has 0 spiro atoms. The van der Waals surface area contributed by atoms with Gasteiger partial charge in [-0.15, -0.1) is 0 Å². The summed E-state index contributed by atoms with van der Waals surface area (Å²) in [5.74, 6) is 1.40. The summed E-state index contributed by atoms with van der Waals surface area (Å²) in [5, 5.41) is 3.54. The Morgan fingerprint density at radius 1 is 1.29 bits per heavy atom. The lowest BCUT2D eigenvalue weighted by atomic mass is 10.0. The zero-order valence-corrected chi connectivity index (χ0v) is 13.5. The number of hydrogen-bond acceptors (Lipinski definition) is 3. The Balaban J connectivity index is 1.89. The number of nitrogens with one attached hydrogen (secondary N) is 1. The summed E-state index contributed by atoms with van der Waals surface area (Å²) in [5.41, 5.74) is 1.14. The van der Waals surface area contributed by atoms with E-state index in [4.69, 9.17) is 0 Å². The summed E-state index contributed by atoms with van der Waals surface area (Å²) in [6.07, 6.45) is 2.08. The summed E-state index contributed by atoms with van der Waals surface area (Å²) >= 11 is 0. The Morgan fingerprint density at radius 2 is 1.95 bits per heavy atom. The van der Waals surface area contributed by atoms with Gasteiger partial charge < -0.3 is 10.2 Å². The molecule has 1 aromatic carbocycles. The molecular formula is C16H25FN2OS. The second kappa shape index (κ2) is 8.61. The Hall–Kier alpha value is -0.780. The summed E-state index contributed by atoms with van der Waals surface area (Å²) in [7, 11) is -0.618. The molecule has 1 atom stereocenters. The fourth-order valence-electron chi connectivity index (χ4n) is 2.61. The van der Waals surface area contributed by atoms with Crippen molar-refractivity contribution >= 4 is 10.8 Å². The highest BCUT2D eigenvalue weighted by Gasteiger charge is 2.17. The van der Waals surface area contributed by atoms with Gasteiger partial charge in [-0.1, -0.05) is 19.1 Å². The van der Waals surface area contributed by atoms with Crippen molar-refractivity contribution in [1.82, 2.24) is 10.2 Å². The van der Waals surface area contributed by atoms with Crippen LogP contribution in [-0.2, 0) is 10.8 Å². The van der Waals surface area contributed by atoms with Gasteiger partial charge in [-0.25, -0.2) is 4.39 Å². The summed E-state index contributed by atoms with van der Waals surface area (Å²) in [4.78, 5) is 2.38. The van der Waals surface area contributed by atoms with Gasteiger partial charge in [0.25, 0.3) is 0 Å². The van der Waals surface area contributed by atoms with Gasteiger partial charge in [-0.3, -0.25) is 4.21 Å². The van der Waals surface area contributed by atoms with Gasteiger partial charge in [0.05, 0.1) is 0 Å². The lowest BCUT2D eigenvalue weighted by Crippen LogP contribution is -2.39. The molecule has 1 N–H and O–H groups in total. The molecule has 0 amide bonds. The van der Waals surface area contributed by atoms with Gasteiger partial charge >= 0.3 is 0 Å². The van der Waals surface area contributed by atoms with Crippen LogP contribution in [0.25, 0.3) is 0 Å². The van der Waals surface area contributed by atoms with Crippen molar-refractivity contribution < 1.29 is 8.60 Å². The van der Waals surface area contributed by atoms with E-state index in [1.165, 1.54) is 12.1 Å². The maximum Gasteiger partial charge on any atom is 0.123 e. The van der Waals surface area contributed by atoms with Crippen LogP contribution >= 0.6 is 0 Å². The monoisotopic (exact) mass is 312 g/mol. The third-order valence-corrected chi connectivity index (χ3v) is 5.19. The molecule has 0 bridgehead atoms. The van der Waals surface area contributed by atoms with E-state index >= 15 is 0 Å². The van der Waals surface area contributed by atoms with Crippen molar-refractivity contribution in [1.29, 1.82) is 0 Å². The van der Waals surface area contributed by atoms with Gasteiger partial charge in [0.2, 0.25) is 0 Å². The van der Waals surface area contributed by atoms with Crippen LogP contribution in [0.3, 0.4) is 0 Å². The maximum atomic E-state index is 13.1. The third kappa shape index (κ3) is 5.49. The van der Waals surface area contributed by atoms with E-state index in [0.717, 1.165) is 56.1 Å². The van der Waals surface area contributed by atoms with Gasteiger partial charge in [0.1, 0.15) is 5.82 Å². The molecule has 1 aliphatic heterocycles. The Kier molecular flexibility index (Phi) is 6.80. The molecule has 1 aromatic rings. The zero-order valence-electron chi connectivity index (χ0n) is 12.7. The van der Waals surface area contributed by atoms with Crippen LogP contribution in [-0.4, -0.2) is 46.8 Å². The van der Waals surface area contributed by atoms with E-state index in [1.807, 2.05) is 12.1 Å². The first-order valence-electron chi connectivity index (χ1n) is 7.75. The van der Waals surface area contributed by atoms with Gasteiger partial charge in [-0.2, -0.15) is 0 Å². The van der Waals surface area contributed by atoms with Crippen LogP contribution in [0.1, 0.15) is 31.4 Å². The molecule has 1 saturated heterocycles. The van der Waals surface area contributed by atoms with Crippen LogP contribution < -0.4 is 5.32 Å². The standard InChI is InChI=1S/C16H25FN2OS/c1-2-8-18-16(14-3-5-15(17)6-4-14)7-9-19-10-12-21(20)13-11-19/h3-6,16,18H,2,7-13H2,1H3. The van der Waals surface area contributed by atoms with E-state index in [0.29, 0.717) is 0 Å². The van der Waals surface area contributed by atoms with E-state index in [1.54, 1.807) is 0 Å². The minimum absolute atomic E-state index is 0.188. The average molecular weight is 312 g/mol. The second-order valence-corrected chi connectivity index (χ2v) is 7.23. The Morgan fingerprint density at radius 3 is 2.57 bits per heavy atom. The summed E-state index contributed by atoms with van der Waals surface area (Å²) in [6.45, 7) is 5.96. The third-order valence-electron chi connectivity index (χ3n) is 3.92. The zero-order chi connectivity index (χ0) is 15.1. The minimum atomic E-state index is -0.618. The molecule has 0 saturated carbocycles. The molecular weight excluding hydrogens is 287 g/mol. The SMILES string of the molecule is CCCNC(CCN1CCS(=O)CC1)c1ccc(F)cc1. The number of rotatable bonds is 7. The molecule has 118 valence electrons. The van der Waals surface area contributed by atoms with Crippen LogP contribution in [0.2, 0.25) is 0 Å². The smallest absolute Gasteiger partial charge is 0.123 e. The van der Waals surface area contributed by atoms with Crippen molar-refractivity contribution in [2.45, 2.75) is 25.8 Å². The number of halogens is 1. The Labute approximate surface area is 129 Å². The van der Waals surface area contributed by atoms with E-state index in [2.05, 4.69) is 17.1 Å². The summed E-state index contributed by atoms with van der Waals surface area (Å²) in [6, 6.07) is 7.06. The Bertz CT molecular complexity index is 442. The first-order chi connectivity index (χ1) is 10.2. The molecule has 3 nitrogen and oxygen atoms in total. The predicted octanol–water partition coefficient (Wildman–Crippen LogP) is 2.32. The van der Waals surface area contributed by atoms with Crippen molar-refractivity contribution in [3.05, 3.63) is 35.6 Å². The van der Waals surface area contributed by atoms with Crippen molar-refractivity contribution in [3.8, 4) is 0 Å². The number of nitrogens with zero attached hydrogens (tertiary/aromatic N) is 1. The average Bonchev–Trinajstić information content (AvgIpc) is 2.50. The topological polar surface area (TPSA) is 32.3 Å². The van der Waals surface area contributed by atoms with Crippen LogP contribution in [0, 0.1) is 5.82 Å². The first-order valence-corrected chi connectivity index (χ1v) is 9.24. The van der Waals surface area contributed by atoms with Gasteiger partial charge in [-0.05, 0) is 37.1 Å². The quantitative estimate of drug-likeness (QED) is 0.838. The number of hydrogen-bond donors (Lipinski definition) is 1. The van der Waals surface area contributed by atoms with Gasteiger partial charge in [0.15, 0.2) is 0 Å². The highest BCUT2D eigenvalue weighted by atomic mass is 32.2. The van der Waals surface area contributed by atoms with Gasteiger partial charge in [0, 0.05) is 48.0 Å². The highest BCUT2D eigenvalue weighted by Crippen LogP contribution is 2.18. The first kappa shape index (κ1) is 16.6. The molecule has 0 radical (unpaired) electrons. The highest BCUT2D eigenvalue weighted by molar-refractivity contribution is 7.85. The summed E-state index contributed by atoms with van der Waals surface area (Å²) < 4.78 is 24.4. The minimum Gasteiger partial charge on any atom is -0.310 e. The van der Waals surface area contributed by atoms with Crippen molar-refractivity contribution in [3.63, 3.8) is 0 Å². The molecule has 1 unspecified atom stereocenters. The molecule has 1 fully saturated rings. The molecule has 21 heavy (non-hydrogen) atoms. The molecule has 1 heterocycles. The fraction of sp³-hybridized carbons (Fsp3) is 0.625. The molecule has 0 aromatic heterocycles. The molecule has 2 rings (SSSR count). The van der Waals surface area contributed by atoms with E-state index < -0.39 is 10.8 Å². The number of benzene rings is 1. The molecule has 1 aliphatic rings. The molecule has 0 aliphatic carbocycles. The lowest BCUT2D eigenvalue weighted by molar-refractivity contribution is 0.278. The largest absolute Gasteiger partial charge is 0.310 e. The van der Waals surface area contributed by atoms with Crippen LogP contribution in [0.15, 0.2) is 24.3 Å². The maximum absolute atomic E-state index is 13.1. The van der Waals surface area contributed by atoms with Crippen molar-refractivity contribution in [2.24, 2.45) is 0 Å². The van der Waals surface area contributed by atoms with E-state index in [-0.39, 0.29) is 11.9 Å². The second-order valence-electron chi connectivity index (χ2n) is 5.54. The normalized spacial score (nSPS) is 18.8. The predicted molar refractivity (Wildman–Crippen MR) is 86.4 cm³/mol. The fourth-order valence-corrected chi connectivity index (χ4v) is 3.74. The van der Waals surface area contributed by atoms with Crippen LogP contribution in [0.4, 0.5) is 4.39 Å². The van der Waals surface area contributed by atoms with Crippen LogP contribution in [0.5, 0.6) is 0 Å². The van der Waals surface area contributed by atoms with Crippen molar-refractivity contribution in [2.75, 3.05) is 37.7 Å². The van der Waals surface area contributed by atoms with E-state index in [9.17, 15) is 8.60 Å².